The van der Waals surface area contributed by atoms with Gasteiger partial charge in [0.25, 0.3) is 0 Å². The molecule has 1 rings (SSSR count). The van der Waals surface area contributed by atoms with E-state index in [2.05, 4.69) is 5.32 Å². The fourth-order valence-corrected chi connectivity index (χ4v) is 2.80. The smallest absolute Gasteiger partial charge is 0.336 e. The highest BCUT2D eigenvalue weighted by Crippen LogP contribution is 2.15. The fourth-order valence-electron chi connectivity index (χ4n) is 1.37. The van der Waals surface area contributed by atoms with Crippen LogP contribution in [0.1, 0.15) is 0 Å². The summed E-state index contributed by atoms with van der Waals surface area (Å²) in [6.45, 7) is 0. The third-order valence-corrected chi connectivity index (χ3v) is 3.40. The Balaban J connectivity index is 2.80. The average Bonchev–Trinajstić information content (AvgIpc) is 2.47. The van der Waals surface area contributed by atoms with Gasteiger partial charge in [-0.05, 0) is 4.92 Å². The third kappa shape index (κ3) is 3.27. The molecule has 0 aliphatic carbocycles. The van der Waals surface area contributed by atoms with E-state index in [-0.39, 0.29) is 17.5 Å². The van der Waals surface area contributed by atoms with Crippen LogP contribution >= 0.6 is 0 Å². The van der Waals surface area contributed by atoms with Crippen molar-refractivity contribution in [3.8, 4) is 0 Å². The first kappa shape index (κ1) is 13.1. The molecule has 0 aromatic heterocycles. The van der Waals surface area contributed by atoms with Gasteiger partial charge in [0.15, 0.2) is 12.0 Å². The predicted molar refractivity (Wildman–Crippen MR) is 61.7 cm³/mol. The Kier molecular flexibility index (Phi) is 4.42. The van der Waals surface area contributed by atoms with Gasteiger partial charge in [-0.25, -0.2) is 4.90 Å². The number of rotatable bonds is 5. The molecular weight excluding hydrogens is 254 g/mol. The molecular formula is C7H13N3O4S2. The quantitative estimate of drug-likeness (QED) is 0.508. The lowest BCUT2D eigenvalue weighted by molar-refractivity contribution is -0.444. The zero-order valence-electron chi connectivity index (χ0n) is 8.91. The Labute approximate surface area is 97.9 Å². The largest absolute Gasteiger partial charge is 0.358 e. The summed E-state index contributed by atoms with van der Waals surface area (Å²) in [5.41, 5.74) is 0. The Hall–Kier alpha value is -0.960. The lowest BCUT2D eigenvalue weighted by atomic mass is 10.5. The van der Waals surface area contributed by atoms with Gasteiger partial charge in [0.05, 0.1) is 22.8 Å². The Bertz CT molecular complexity index is 371. The van der Waals surface area contributed by atoms with Crippen molar-refractivity contribution < 1.29 is 13.3 Å². The van der Waals surface area contributed by atoms with Crippen LogP contribution in [-0.2, 0) is 21.6 Å². The van der Waals surface area contributed by atoms with E-state index in [0.29, 0.717) is 0 Å². The molecule has 0 radical (unpaired) electrons. The van der Waals surface area contributed by atoms with E-state index in [1.165, 1.54) is 23.6 Å². The van der Waals surface area contributed by atoms with E-state index in [1.807, 2.05) is 0 Å². The molecule has 16 heavy (non-hydrogen) atoms. The van der Waals surface area contributed by atoms with Crippen molar-refractivity contribution in [1.82, 2.24) is 10.2 Å². The number of hydrogen-bond acceptors (Lipinski definition) is 6. The summed E-state index contributed by atoms with van der Waals surface area (Å²) < 4.78 is 22.2. The standard InChI is InChI=1S/C7H13N3O4S2/c1-15(13)4-6-8-3-7(10(11)12)9(6)5-16(2)14/h3,6,8H,4-5H2,1-2H3/t6?,15?,16-/m0/s1. The predicted octanol–water partition coefficient (Wildman–Crippen LogP) is -0.992. The van der Waals surface area contributed by atoms with Crippen LogP contribution in [0.3, 0.4) is 0 Å². The first-order valence-corrected chi connectivity index (χ1v) is 7.84. The second-order valence-electron chi connectivity index (χ2n) is 3.35. The highest BCUT2D eigenvalue weighted by Gasteiger charge is 2.36. The second kappa shape index (κ2) is 5.39. The molecule has 1 aliphatic heterocycles. The normalized spacial score (nSPS) is 23.5. The van der Waals surface area contributed by atoms with Gasteiger partial charge in [-0.3, -0.25) is 8.42 Å². The summed E-state index contributed by atoms with van der Waals surface area (Å²) in [7, 11) is -2.26. The zero-order valence-corrected chi connectivity index (χ0v) is 10.5. The molecule has 1 aliphatic rings. The van der Waals surface area contributed by atoms with Crippen molar-refractivity contribution >= 4 is 21.6 Å². The molecule has 2 unspecified atom stereocenters. The van der Waals surface area contributed by atoms with Gasteiger partial charge in [-0.1, -0.05) is 0 Å². The highest BCUT2D eigenvalue weighted by atomic mass is 32.2. The lowest BCUT2D eigenvalue weighted by Gasteiger charge is -2.19. The van der Waals surface area contributed by atoms with Crippen molar-refractivity contribution in [2.75, 3.05) is 24.1 Å². The number of nitrogens with zero attached hydrogens (tertiary/aromatic N) is 2. The highest BCUT2D eigenvalue weighted by molar-refractivity contribution is 7.84. The minimum atomic E-state index is -1.19. The molecule has 0 saturated carbocycles. The minimum absolute atomic E-state index is 0.0572. The second-order valence-corrected chi connectivity index (χ2v) is 6.24. The Morgan fingerprint density at radius 2 is 2.12 bits per heavy atom. The molecule has 7 nitrogen and oxygen atoms in total. The van der Waals surface area contributed by atoms with Crippen molar-refractivity contribution in [1.29, 1.82) is 0 Å². The topological polar surface area (TPSA) is 92.5 Å². The van der Waals surface area contributed by atoms with Gasteiger partial charge in [0, 0.05) is 23.3 Å². The summed E-state index contributed by atoms with van der Waals surface area (Å²) >= 11 is 0. The Morgan fingerprint density at radius 3 is 2.56 bits per heavy atom. The van der Waals surface area contributed by atoms with E-state index in [1.54, 1.807) is 0 Å². The van der Waals surface area contributed by atoms with Gasteiger partial charge in [-0.2, -0.15) is 0 Å². The SMILES string of the molecule is CS(=O)CC1NC=C([N+](=O)[O-])N1C[S@](C)=O. The number of hydrogen-bond donors (Lipinski definition) is 1. The van der Waals surface area contributed by atoms with E-state index in [4.69, 9.17) is 0 Å². The molecule has 0 aromatic carbocycles. The molecule has 0 bridgehead atoms. The van der Waals surface area contributed by atoms with E-state index >= 15 is 0 Å². The minimum Gasteiger partial charge on any atom is -0.358 e. The van der Waals surface area contributed by atoms with Crippen molar-refractivity contribution in [3.05, 3.63) is 22.1 Å². The molecule has 1 heterocycles. The van der Waals surface area contributed by atoms with Gasteiger partial charge in [0.2, 0.25) is 0 Å². The van der Waals surface area contributed by atoms with E-state index in [0.717, 1.165) is 0 Å². The Morgan fingerprint density at radius 1 is 1.50 bits per heavy atom. The summed E-state index contributed by atoms with van der Waals surface area (Å²) in [6, 6.07) is 0. The monoisotopic (exact) mass is 267 g/mol. The molecule has 0 aromatic rings. The maximum atomic E-state index is 11.1. The molecule has 0 amide bonds. The van der Waals surface area contributed by atoms with Gasteiger partial charge >= 0.3 is 5.82 Å². The molecule has 1 N–H and O–H groups in total. The molecule has 3 atom stereocenters. The van der Waals surface area contributed by atoms with Crippen molar-refractivity contribution in [3.63, 3.8) is 0 Å². The summed E-state index contributed by atoms with van der Waals surface area (Å²) in [5.74, 6) is 0.179. The van der Waals surface area contributed by atoms with Gasteiger partial charge in [-0.15, -0.1) is 0 Å². The van der Waals surface area contributed by atoms with Crippen LogP contribution in [0.5, 0.6) is 0 Å². The molecule has 9 heteroatoms. The van der Waals surface area contributed by atoms with Gasteiger partial charge < -0.3 is 15.4 Å². The van der Waals surface area contributed by atoms with Crippen LogP contribution in [0.25, 0.3) is 0 Å². The first-order chi connectivity index (χ1) is 7.41. The average molecular weight is 267 g/mol. The molecule has 0 fully saturated rings. The molecule has 0 spiro atoms. The maximum Gasteiger partial charge on any atom is 0.336 e. The van der Waals surface area contributed by atoms with E-state index in [9.17, 15) is 18.5 Å². The van der Waals surface area contributed by atoms with E-state index < -0.39 is 32.7 Å². The van der Waals surface area contributed by atoms with Crippen LogP contribution in [0, 0.1) is 10.1 Å². The molecule has 0 saturated heterocycles. The van der Waals surface area contributed by atoms with Crippen molar-refractivity contribution in [2.24, 2.45) is 0 Å². The third-order valence-electron chi connectivity index (χ3n) is 1.98. The first-order valence-electron chi connectivity index (χ1n) is 4.39. The molecule has 92 valence electrons. The lowest BCUT2D eigenvalue weighted by Crippen LogP contribution is -2.43. The number of nitro groups is 1. The van der Waals surface area contributed by atoms with Crippen LogP contribution in [0.2, 0.25) is 0 Å². The van der Waals surface area contributed by atoms with Crippen LogP contribution in [0.15, 0.2) is 12.0 Å². The summed E-state index contributed by atoms with van der Waals surface area (Å²) in [6.07, 6.45) is 3.82. The van der Waals surface area contributed by atoms with Gasteiger partial charge in [0.1, 0.15) is 0 Å². The maximum absolute atomic E-state index is 11.1. The van der Waals surface area contributed by atoms with Crippen LogP contribution < -0.4 is 5.32 Å². The van der Waals surface area contributed by atoms with Crippen molar-refractivity contribution in [2.45, 2.75) is 6.17 Å². The summed E-state index contributed by atoms with van der Waals surface area (Å²) in [5, 5.41) is 13.5. The zero-order chi connectivity index (χ0) is 12.3. The number of nitrogens with one attached hydrogen (secondary N) is 1. The summed E-state index contributed by atoms with van der Waals surface area (Å²) in [4.78, 5) is 11.5. The van der Waals surface area contributed by atoms with Crippen LogP contribution in [-0.4, -0.2) is 48.5 Å². The fraction of sp³-hybridized carbons (Fsp3) is 0.714. The van der Waals surface area contributed by atoms with Crippen LogP contribution in [0.4, 0.5) is 0 Å².